The van der Waals surface area contributed by atoms with Gasteiger partial charge in [0, 0.05) is 32.2 Å². The zero-order chi connectivity index (χ0) is 15.2. The zero-order valence-corrected chi connectivity index (χ0v) is 14.2. The van der Waals surface area contributed by atoms with E-state index in [-0.39, 0.29) is 0 Å². The molecule has 0 N–H and O–H groups in total. The molecular formula is C18H27NO2S. The van der Waals surface area contributed by atoms with Crippen molar-refractivity contribution in [2.45, 2.75) is 64.0 Å². The Morgan fingerprint density at radius 1 is 1.23 bits per heavy atom. The van der Waals surface area contributed by atoms with E-state index in [9.17, 15) is 4.79 Å². The lowest BCUT2D eigenvalue weighted by Gasteiger charge is -2.35. The van der Waals surface area contributed by atoms with E-state index in [0.29, 0.717) is 24.3 Å². The van der Waals surface area contributed by atoms with Crippen molar-refractivity contribution < 1.29 is 9.53 Å². The van der Waals surface area contributed by atoms with Crippen molar-refractivity contribution in [1.29, 1.82) is 0 Å². The Labute approximate surface area is 137 Å². The molecule has 2 aliphatic rings. The van der Waals surface area contributed by atoms with Crippen LogP contribution in [0.25, 0.3) is 0 Å². The van der Waals surface area contributed by atoms with E-state index in [0.717, 1.165) is 32.6 Å². The molecule has 1 amide bonds. The number of ether oxygens (including phenoxy) is 1. The quantitative estimate of drug-likeness (QED) is 0.812. The van der Waals surface area contributed by atoms with Gasteiger partial charge in [-0.3, -0.25) is 4.79 Å². The number of carbonyl (C=O) groups excluding carboxylic acids is 1. The molecule has 1 aliphatic carbocycles. The summed E-state index contributed by atoms with van der Waals surface area (Å²) in [5, 5.41) is 4.28. The second-order valence-electron chi connectivity index (χ2n) is 6.73. The number of carbonyl (C=O) groups is 1. The lowest BCUT2D eigenvalue weighted by molar-refractivity contribution is -0.137. The average Bonchev–Trinajstić information content (AvgIpc) is 3.07. The van der Waals surface area contributed by atoms with Gasteiger partial charge in [-0.15, -0.1) is 0 Å². The molecule has 0 bridgehead atoms. The van der Waals surface area contributed by atoms with Crippen molar-refractivity contribution >= 4 is 17.2 Å². The molecule has 0 radical (unpaired) electrons. The summed E-state index contributed by atoms with van der Waals surface area (Å²) in [4.78, 5) is 15.1. The molecule has 1 atom stereocenters. The van der Waals surface area contributed by atoms with Crippen LogP contribution in [-0.4, -0.2) is 30.1 Å². The number of nitrogens with zero attached hydrogens (tertiary/aromatic N) is 1. The third-order valence-corrected chi connectivity index (χ3v) is 5.72. The predicted octanol–water partition coefficient (Wildman–Crippen LogP) is 4.23. The van der Waals surface area contributed by atoms with Gasteiger partial charge in [-0.2, -0.15) is 11.3 Å². The van der Waals surface area contributed by atoms with E-state index >= 15 is 0 Å². The molecule has 22 heavy (non-hydrogen) atoms. The second-order valence-corrected chi connectivity index (χ2v) is 7.51. The van der Waals surface area contributed by atoms with Crippen LogP contribution in [-0.2, 0) is 16.1 Å². The van der Waals surface area contributed by atoms with Crippen molar-refractivity contribution in [1.82, 2.24) is 4.90 Å². The highest BCUT2D eigenvalue weighted by Gasteiger charge is 2.28. The van der Waals surface area contributed by atoms with Gasteiger partial charge in [0.1, 0.15) is 0 Å². The number of hydrogen-bond acceptors (Lipinski definition) is 3. The van der Waals surface area contributed by atoms with Crippen molar-refractivity contribution in [3.05, 3.63) is 22.4 Å². The Hall–Kier alpha value is -0.870. The third-order valence-electron chi connectivity index (χ3n) is 4.99. The Morgan fingerprint density at radius 3 is 2.77 bits per heavy atom. The molecule has 1 aromatic heterocycles. The number of thiophene rings is 1. The highest BCUT2D eigenvalue weighted by Crippen LogP contribution is 2.27. The predicted molar refractivity (Wildman–Crippen MR) is 89.9 cm³/mol. The van der Waals surface area contributed by atoms with E-state index < -0.39 is 0 Å². The van der Waals surface area contributed by atoms with E-state index in [4.69, 9.17) is 4.74 Å². The monoisotopic (exact) mass is 321 g/mol. The van der Waals surface area contributed by atoms with Gasteiger partial charge in [-0.1, -0.05) is 19.3 Å². The third kappa shape index (κ3) is 4.32. The van der Waals surface area contributed by atoms with Crippen LogP contribution >= 0.6 is 11.3 Å². The van der Waals surface area contributed by atoms with Crippen molar-refractivity contribution in [2.24, 2.45) is 5.92 Å². The molecular weight excluding hydrogens is 294 g/mol. The SMILES string of the molecule is O=C(CC1CCCOC1)N(Cc1ccsc1)C1CCCCC1. The van der Waals surface area contributed by atoms with E-state index in [2.05, 4.69) is 21.7 Å². The molecule has 1 aliphatic heterocycles. The largest absolute Gasteiger partial charge is 0.381 e. The Morgan fingerprint density at radius 2 is 2.09 bits per heavy atom. The summed E-state index contributed by atoms with van der Waals surface area (Å²) in [5.74, 6) is 0.767. The Bertz CT molecular complexity index is 448. The lowest BCUT2D eigenvalue weighted by Crippen LogP contribution is -2.42. The van der Waals surface area contributed by atoms with Crippen molar-refractivity contribution in [3.63, 3.8) is 0 Å². The van der Waals surface area contributed by atoms with E-state index in [1.165, 1.54) is 37.7 Å². The highest BCUT2D eigenvalue weighted by atomic mass is 32.1. The van der Waals surface area contributed by atoms with Crippen LogP contribution in [0.5, 0.6) is 0 Å². The Balaban J connectivity index is 1.64. The first kappa shape index (κ1) is 16.0. The first-order valence-electron chi connectivity index (χ1n) is 8.71. The molecule has 3 rings (SSSR count). The fraction of sp³-hybridized carbons (Fsp3) is 0.722. The summed E-state index contributed by atoms with van der Waals surface area (Å²) >= 11 is 1.72. The molecule has 1 aromatic rings. The number of hydrogen-bond donors (Lipinski definition) is 0. The van der Waals surface area contributed by atoms with E-state index in [1.807, 2.05) is 0 Å². The maximum Gasteiger partial charge on any atom is 0.223 e. The molecule has 1 saturated carbocycles. The molecule has 3 nitrogen and oxygen atoms in total. The molecule has 2 heterocycles. The Kier molecular flexibility index (Phi) is 5.90. The summed E-state index contributed by atoms with van der Waals surface area (Å²) in [6, 6.07) is 2.60. The average molecular weight is 321 g/mol. The van der Waals surface area contributed by atoms with Crippen LogP contribution in [0, 0.1) is 5.92 Å². The summed E-state index contributed by atoms with van der Waals surface area (Å²) in [5.41, 5.74) is 1.28. The fourth-order valence-electron chi connectivity index (χ4n) is 3.73. The fourth-order valence-corrected chi connectivity index (χ4v) is 4.39. The summed E-state index contributed by atoms with van der Waals surface area (Å²) in [6.45, 7) is 2.43. The van der Waals surface area contributed by atoms with Crippen molar-refractivity contribution in [3.8, 4) is 0 Å². The lowest BCUT2D eigenvalue weighted by atomic mass is 9.92. The minimum atomic E-state index is 0.341. The minimum absolute atomic E-state index is 0.341. The van der Waals surface area contributed by atoms with Gasteiger partial charge in [0.25, 0.3) is 0 Å². The van der Waals surface area contributed by atoms with Gasteiger partial charge in [-0.05, 0) is 54.0 Å². The van der Waals surface area contributed by atoms with Gasteiger partial charge in [-0.25, -0.2) is 0 Å². The highest BCUT2D eigenvalue weighted by molar-refractivity contribution is 7.07. The van der Waals surface area contributed by atoms with Gasteiger partial charge < -0.3 is 9.64 Å². The molecule has 0 spiro atoms. The van der Waals surface area contributed by atoms with Crippen molar-refractivity contribution in [2.75, 3.05) is 13.2 Å². The maximum atomic E-state index is 12.9. The molecule has 1 unspecified atom stereocenters. The smallest absolute Gasteiger partial charge is 0.223 e. The van der Waals surface area contributed by atoms with Crippen LogP contribution in [0.3, 0.4) is 0 Å². The van der Waals surface area contributed by atoms with Crippen LogP contribution in [0.2, 0.25) is 0 Å². The first-order valence-corrected chi connectivity index (χ1v) is 9.65. The number of amides is 1. The zero-order valence-electron chi connectivity index (χ0n) is 13.3. The maximum absolute atomic E-state index is 12.9. The first-order chi connectivity index (χ1) is 10.8. The van der Waals surface area contributed by atoms with Gasteiger partial charge >= 0.3 is 0 Å². The van der Waals surface area contributed by atoms with E-state index in [1.54, 1.807) is 11.3 Å². The van der Waals surface area contributed by atoms with Crippen LogP contribution in [0.15, 0.2) is 16.8 Å². The van der Waals surface area contributed by atoms with Gasteiger partial charge in [0.05, 0.1) is 0 Å². The summed E-state index contributed by atoms with van der Waals surface area (Å²) in [6.07, 6.45) is 9.13. The molecule has 0 aromatic carbocycles. The van der Waals surface area contributed by atoms with Crippen LogP contribution in [0.4, 0.5) is 0 Å². The van der Waals surface area contributed by atoms with Crippen LogP contribution in [0.1, 0.15) is 56.9 Å². The van der Waals surface area contributed by atoms with Crippen LogP contribution < -0.4 is 0 Å². The summed E-state index contributed by atoms with van der Waals surface area (Å²) < 4.78 is 5.55. The standard InChI is InChI=1S/C18H27NO2S/c20-18(11-15-5-4-9-21-13-15)19(12-16-8-10-22-14-16)17-6-2-1-3-7-17/h8,10,14-15,17H,1-7,9,11-13H2. The minimum Gasteiger partial charge on any atom is -0.381 e. The molecule has 2 fully saturated rings. The molecule has 122 valence electrons. The summed E-state index contributed by atoms with van der Waals surface area (Å²) in [7, 11) is 0. The van der Waals surface area contributed by atoms with Gasteiger partial charge in [0.2, 0.25) is 5.91 Å². The number of rotatable bonds is 5. The van der Waals surface area contributed by atoms with Gasteiger partial charge in [0.15, 0.2) is 0 Å². The molecule has 1 saturated heterocycles. The molecule has 4 heteroatoms. The normalized spacial score (nSPS) is 23.4. The second kappa shape index (κ2) is 8.11. The topological polar surface area (TPSA) is 29.5 Å².